The zero-order valence-corrected chi connectivity index (χ0v) is 9.69. The quantitative estimate of drug-likeness (QED) is 0.479. The van der Waals surface area contributed by atoms with E-state index < -0.39 is 42.4 Å². The highest BCUT2D eigenvalue weighted by molar-refractivity contribution is 6.47. The van der Waals surface area contributed by atoms with Gasteiger partial charge in [-0.1, -0.05) is 0 Å². The van der Waals surface area contributed by atoms with Crippen LogP contribution in [0.5, 0.6) is 5.75 Å². The van der Waals surface area contributed by atoms with Gasteiger partial charge in [-0.25, -0.2) is 26.3 Å². The maximum absolute atomic E-state index is 12.9. The Morgan fingerprint density at radius 2 is 1.05 bits per heavy atom. The fraction of sp³-hybridized carbons (Fsp3) is 0. The summed E-state index contributed by atoms with van der Waals surface area (Å²) >= 11 is 0. The molecule has 2 aromatic rings. The van der Waals surface area contributed by atoms with Crippen LogP contribution in [0.3, 0.4) is 0 Å². The van der Waals surface area contributed by atoms with Crippen LogP contribution in [0.15, 0.2) is 24.3 Å². The molecule has 0 aliphatic rings. The molecule has 104 valence electrons. The summed E-state index contributed by atoms with van der Waals surface area (Å²) in [5.41, 5.74) is -0.0912. The normalized spacial score (nSPS) is 10.5. The van der Waals surface area contributed by atoms with Gasteiger partial charge in [-0.2, -0.15) is 0 Å². The zero-order chi connectivity index (χ0) is 14.9. The van der Waals surface area contributed by atoms with Crippen LogP contribution in [-0.4, -0.2) is 7.48 Å². The average Bonchev–Trinajstić information content (AvgIpc) is 2.39. The lowest BCUT2D eigenvalue weighted by Crippen LogP contribution is -2.22. The Hall–Kier alpha value is -2.12. The summed E-state index contributed by atoms with van der Waals surface area (Å²) in [6, 6.07) is 2.51. The van der Waals surface area contributed by atoms with E-state index in [0.29, 0.717) is 24.3 Å². The molecular weight excluding hydrogens is 285 g/mol. The summed E-state index contributed by atoms with van der Waals surface area (Å²) in [5, 5.41) is 0. The molecular formula is C12H5BF6O. The minimum absolute atomic E-state index is 0.0912. The molecule has 0 aromatic heterocycles. The van der Waals surface area contributed by atoms with Crippen molar-refractivity contribution in [3.63, 3.8) is 0 Å². The van der Waals surface area contributed by atoms with Gasteiger partial charge in [0.1, 0.15) is 5.75 Å². The van der Waals surface area contributed by atoms with Crippen LogP contribution >= 0.6 is 0 Å². The van der Waals surface area contributed by atoms with Gasteiger partial charge in [-0.05, 0) is 17.6 Å². The predicted molar refractivity (Wildman–Crippen MR) is 60.0 cm³/mol. The van der Waals surface area contributed by atoms with E-state index in [1.807, 2.05) is 0 Å². The Bertz CT molecular complexity index is 557. The smallest absolute Gasteiger partial charge is 0.374 e. The molecule has 0 saturated carbocycles. The molecule has 0 aliphatic heterocycles. The van der Waals surface area contributed by atoms with Crippen LogP contribution in [0.1, 0.15) is 0 Å². The second-order valence-corrected chi connectivity index (χ2v) is 3.86. The van der Waals surface area contributed by atoms with Crippen molar-refractivity contribution in [2.75, 3.05) is 0 Å². The molecule has 0 unspecified atom stereocenters. The van der Waals surface area contributed by atoms with Crippen LogP contribution in [0.25, 0.3) is 0 Å². The van der Waals surface area contributed by atoms with Gasteiger partial charge in [0.05, 0.1) is 0 Å². The van der Waals surface area contributed by atoms with Gasteiger partial charge in [-0.15, -0.1) is 0 Å². The van der Waals surface area contributed by atoms with E-state index in [1.54, 1.807) is 0 Å². The summed E-state index contributed by atoms with van der Waals surface area (Å²) in [6.45, 7) is 0. The van der Waals surface area contributed by atoms with Crippen LogP contribution in [0, 0.1) is 34.9 Å². The Labute approximate surface area is 110 Å². The summed E-state index contributed by atoms with van der Waals surface area (Å²) in [5.74, 6) is -9.41. The van der Waals surface area contributed by atoms with Crippen molar-refractivity contribution in [1.82, 2.24) is 0 Å². The number of hydrogen-bond acceptors (Lipinski definition) is 1. The Balaban J connectivity index is 2.17. The van der Waals surface area contributed by atoms with Crippen molar-refractivity contribution in [3.8, 4) is 5.75 Å². The number of halogens is 6. The predicted octanol–water partition coefficient (Wildman–Crippen LogP) is 2.58. The minimum Gasteiger partial charge on any atom is -0.559 e. The molecule has 0 aliphatic carbocycles. The summed E-state index contributed by atoms with van der Waals surface area (Å²) < 4.78 is 81.8. The zero-order valence-electron chi connectivity index (χ0n) is 9.69. The van der Waals surface area contributed by atoms with E-state index in [1.165, 1.54) is 0 Å². The SMILES string of the molecule is Fc1cc(BOc2cc(F)c(F)c(F)c2)cc(F)c1F. The minimum atomic E-state index is -1.66. The molecule has 2 rings (SSSR count). The lowest BCUT2D eigenvalue weighted by atomic mass is 9.87. The first kappa shape index (κ1) is 14.3. The summed E-state index contributed by atoms with van der Waals surface area (Å²) in [4.78, 5) is 0. The van der Waals surface area contributed by atoms with E-state index in [0.717, 1.165) is 0 Å². The molecule has 0 N–H and O–H groups in total. The third-order valence-electron chi connectivity index (χ3n) is 2.41. The van der Waals surface area contributed by atoms with Crippen molar-refractivity contribution < 1.29 is 31.0 Å². The first-order valence-electron chi connectivity index (χ1n) is 5.29. The van der Waals surface area contributed by atoms with Crippen LogP contribution in [-0.2, 0) is 0 Å². The first-order chi connectivity index (χ1) is 9.38. The van der Waals surface area contributed by atoms with Gasteiger partial charge in [0.15, 0.2) is 34.9 Å². The van der Waals surface area contributed by atoms with Gasteiger partial charge in [0.25, 0.3) is 0 Å². The molecule has 0 radical (unpaired) electrons. The first-order valence-corrected chi connectivity index (χ1v) is 5.29. The van der Waals surface area contributed by atoms with Crippen molar-refractivity contribution in [1.29, 1.82) is 0 Å². The van der Waals surface area contributed by atoms with Gasteiger partial charge in [-0.3, -0.25) is 0 Å². The maximum atomic E-state index is 12.9. The van der Waals surface area contributed by atoms with Gasteiger partial charge < -0.3 is 4.65 Å². The molecule has 8 heteroatoms. The number of hydrogen-bond donors (Lipinski definition) is 0. The van der Waals surface area contributed by atoms with Crippen molar-refractivity contribution in [3.05, 3.63) is 59.2 Å². The highest BCUT2D eigenvalue weighted by Gasteiger charge is 2.14. The molecule has 0 amide bonds. The van der Waals surface area contributed by atoms with E-state index in [2.05, 4.69) is 0 Å². The second-order valence-electron chi connectivity index (χ2n) is 3.86. The number of benzene rings is 2. The highest BCUT2D eigenvalue weighted by atomic mass is 19.2. The van der Waals surface area contributed by atoms with Crippen molar-refractivity contribution in [2.24, 2.45) is 0 Å². The summed E-state index contributed by atoms with van der Waals surface area (Å²) in [7, 11) is -0.474. The Kier molecular flexibility index (Phi) is 3.92. The standard InChI is InChI=1S/C12H5BF6O/c14-7-1-5(2-8(15)11(7)18)13-20-6-3-9(16)12(19)10(17)4-6/h1-4,13H. The third kappa shape index (κ3) is 2.89. The average molecular weight is 290 g/mol. The van der Waals surface area contributed by atoms with Crippen molar-refractivity contribution in [2.45, 2.75) is 0 Å². The van der Waals surface area contributed by atoms with Gasteiger partial charge in [0.2, 0.25) is 0 Å². The van der Waals surface area contributed by atoms with Crippen LogP contribution in [0.4, 0.5) is 26.3 Å². The van der Waals surface area contributed by atoms with Crippen molar-refractivity contribution >= 4 is 12.9 Å². The second kappa shape index (κ2) is 5.48. The molecule has 0 saturated heterocycles. The summed E-state index contributed by atoms with van der Waals surface area (Å²) in [6.07, 6.45) is 0. The fourth-order valence-corrected chi connectivity index (χ4v) is 1.47. The molecule has 0 bridgehead atoms. The molecule has 2 aromatic carbocycles. The van der Waals surface area contributed by atoms with E-state index in [-0.39, 0.29) is 11.2 Å². The fourth-order valence-electron chi connectivity index (χ4n) is 1.47. The molecule has 0 fully saturated rings. The number of rotatable bonds is 3. The molecule has 0 atom stereocenters. The van der Waals surface area contributed by atoms with E-state index in [4.69, 9.17) is 4.65 Å². The Morgan fingerprint density at radius 1 is 0.650 bits per heavy atom. The molecule has 0 spiro atoms. The lowest BCUT2D eigenvalue weighted by molar-refractivity contribution is 0.438. The van der Waals surface area contributed by atoms with E-state index >= 15 is 0 Å². The van der Waals surface area contributed by atoms with E-state index in [9.17, 15) is 26.3 Å². The highest BCUT2D eigenvalue weighted by Crippen LogP contribution is 2.19. The molecule has 1 nitrogen and oxygen atoms in total. The largest absolute Gasteiger partial charge is 0.559 e. The lowest BCUT2D eigenvalue weighted by Gasteiger charge is -2.07. The molecule has 0 heterocycles. The third-order valence-corrected chi connectivity index (χ3v) is 2.41. The maximum Gasteiger partial charge on any atom is 0.374 e. The monoisotopic (exact) mass is 290 g/mol. The van der Waals surface area contributed by atoms with Crippen LogP contribution < -0.4 is 10.1 Å². The molecule has 20 heavy (non-hydrogen) atoms. The topological polar surface area (TPSA) is 9.23 Å². The van der Waals surface area contributed by atoms with Crippen LogP contribution in [0.2, 0.25) is 0 Å². The van der Waals surface area contributed by atoms with Gasteiger partial charge in [0, 0.05) is 12.1 Å². The Morgan fingerprint density at radius 3 is 1.50 bits per heavy atom. The van der Waals surface area contributed by atoms with Gasteiger partial charge >= 0.3 is 7.48 Å².